The Hall–Kier alpha value is -1.82. The molecular formula is C12H13N3O2S. The maximum Gasteiger partial charge on any atom is 0.236 e. The van der Waals surface area contributed by atoms with Crippen LogP contribution in [-0.4, -0.2) is 28.1 Å². The number of aryl methyl sites for hydroxylation is 2. The number of phenolic OH excluding ortho intramolecular Hbond substituents is 1. The largest absolute Gasteiger partial charge is 0.508 e. The Kier molecular flexibility index (Phi) is 3.66. The van der Waals surface area contributed by atoms with Gasteiger partial charge in [-0.05, 0) is 37.1 Å². The van der Waals surface area contributed by atoms with Crippen molar-refractivity contribution in [2.45, 2.75) is 13.8 Å². The highest BCUT2D eigenvalue weighted by atomic mass is 32.2. The van der Waals surface area contributed by atoms with Gasteiger partial charge in [-0.2, -0.15) is 5.10 Å². The lowest BCUT2D eigenvalue weighted by Crippen LogP contribution is -2.19. The molecule has 2 N–H and O–H groups in total. The van der Waals surface area contributed by atoms with E-state index < -0.39 is 0 Å². The summed E-state index contributed by atoms with van der Waals surface area (Å²) in [6, 6.07) is 3.35. The fourth-order valence-electron chi connectivity index (χ4n) is 1.67. The van der Waals surface area contributed by atoms with E-state index in [9.17, 15) is 9.90 Å². The minimum atomic E-state index is -0.0501. The van der Waals surface area contributed by atoms with E-state index in [1.165, 1.54) is 11.8 Å². The van der Waals surface area contributed by atoms with Gasteiger partial charge in [-0.25, -0.2) is 0 Å². The quantitative estimate of drug-likeness (QED) is 0.628. The maximum atomic E-state index is 10.9. The Morgan fingerprint density at radius 3 is 2.61 bits per heavy atom. The van der Waals surface area contributed by atoms with Crippen LogP contribution in [0.15, 0.2) is 22.3 Å². The van der Waals surface area contributed by atoms with E-state index in [-0.39, 0.29) is 11.7 Å². The number of carbonyl (C=O) groups excluding carboxylic acids is 1. The van der Waals surface area contributed by atoms with Crippen LogP contribution in [-0.2, 0) is 4.79 Å². The van der Waals surface area contributed by atoms with E-state index in [1.807, 2.05) is 13.8 Å². The van der Waals surface area contributed by atoms with Crippen molar-refractivity contribution in [2.75, 3.05) is 5.75 Å². The van der Waals surface area contributed by atoms with Gasteiger partial charge in [0.1, 0.15) is 5.75 Å². The van der Waals surface area contributed by atoms with Crippen LogP contribution in [0.4, 0.5) is 0 Å². The molecule has 0 spiro atoms. The predicted molar refractivity (Wildman–Crippen MR) is 73.2 cm³/mol. The number of carbonyl (C=O) groups is 1. The van der Waals surface area contributed by atoms with Crippen molar-refractivity contribution in [3.05, 3.63) is 28.8 Å². The van der Waals surface area contributed by atoms with Crippen molar-refractivity contribution >= 4 is 29.1 Å². The second-order valence-corrected chi connectivity index (χ2v) is 4.94. The Bertz CT molecular complexity index is 529. The number of thioether (sulfide) groups is 1. The number of hydrogen-bond acceptors (Lipinski definition) is 5. The molecule has 1 fully saturated rings. The van der Waals surface area contributed by atoms with E-state index in [0.717, 1.165) is 16.7 Å². The highest BCUT2D eigenvalue weighted by molar-refractivity contribution is 8.15. The average molecular weight is 263 g/mol. The van der Waals surface area contributed by atoms with E-state index in [0.29, 0.717) is 10.9 Å². The molecule has 1 amide bonds. The van der Waals surface area contributed by atoms with E-state index in [2.05, 4.69) is 15.5 Å². The van der Waals surface area contributed by atoms with Crippen LogP contribution in [0.3, 0.4) is 0 Å². The number of phenols is 1. The van der Waals surface area contributed by atoms with E-state index >= 15 is 0 Å². The Morgan fingerprint density at radius 2 is 2.06 bits per heavy atom. The zero-order chi connectivity index (χ0) is 13.1. The first kappa shape index (κ1) is 12.6. The van der Waals surface area contributed by atoms with Crippen LogP contribution in [0.25, 0.3) is 0 Å². The zero-order valence-electron chi connectivity index (χ0n) is 10.1. The van der Waals surface area contributed by atoms with Gasteiger partial charge in [0.15, 0.2) is 5.17 Å². The Balaban J connectivity index is 2.17. The Labute approximate surface area is 109 Å². The standard InChI is InChI=1S/C12H13N3O2S/c1-7-3-9(16)4-8(2)10(7)5-13-15-12-14-11(17)6-18-12/h3-5,16H,6H2,1-2H3,(H,14,15,17). The first-order chi connectivity index (χ1) is 8.56. The summed E-state index contributed by atoms with van der Waals surface area (Å²) in [6.45, 7) is 3.79. The molecule has 5 nitrogen and oxygen atoms in total. The monoisotopic (exact) mass is 263 g/mol. The second kappa shape index (κ2) is 5.22. The van der Waals surface area contributed by atoms with E-state index in [4.69, 9.17) is 0 Å². The number of rotatable bonds is 2. The smallest absolute Gasteiger partial charge is 0.236 e. The number of aromatic hydroxyl groups is 1. The molecule has 0 aromatic heterocycles. The molecule has 1 aromatic rings. The molecule has 1 aliphatic rings. The SMILES string of the molecule is Cc1cc(O)cc(C)c1C=NN=C1NC(=O)CS1. The molecule has 1 heterocycles. The lowest BCUT2D eigenvalue weighted by molar-refractivity contribution is -0.116. The third-order valence-corrected chi connectivity index (χ3v) is 3.36. The number of nitrogens with zero attached hydrogens (tertiary/aromatic N) is 2. The van der Waals surface area contributed by atoms with Crippen molar-refractivity contribution in [3.63, 3.8) is 0 Å². The van der Waals surface area contributed by atoms with Crippen LogP contribution in [0.2, 0.25) is 0 Å². The van der Waals surface area contributed by atoms with Crippen molar-refractivity contribution in [1.29, 1.82) is 0 Å². The summed E-state index contributed by atoms with van der Waals surface area (Å²) in [7, 11) is 0. The summed E-state index contributed by atoms with van der Waals surface area (Å²) < 4.78 is 0. The molecule has 1 saturated heterocycles. The van der Waals surface area contributed by atoms with Gasteiger partial charge in [-0.3, -0.25) is 4.79 Å². The molecule has 6 heteroatoms. The molecule has 0 aliphatic carbocycles. The summed E-state index contributed by atoms with van der Waals surface area (Å²) in [5.74, 6) is 0.587. The number of amides is 1. The van der Waals surface area contributed by atoms with Crippen molar-refractivity contribution < 1.29 is 9.90 Å². The van der Waals surface area contributed by atoms with Crippen molar-refractivity contribution in [2.24, 2.45) is 10.2 Å². The Morgan fingerprint density at radius 1 is 1.39 bits per heavy atom. The fraction of sp³-hybridized carbons (Fsp3) is 0.250. The van der Waals surface area contributed by atoms with Gasteiger partial charge in [0.05, 0.1) is 12.0 Å². The van der Waals surface area contributed by atoms with Gasteiger partial charge >= 0.3 is 0 Å². The third kappa shape index (κ3) is 2.89. The van der Waals surface area contributed by atoms with Gasteiger partial charge in [0.2, 0.25) is 5.91 Å². The molecule has 0 radical (unpaired) electrons. The summed E-state index contributed by atoms with van der Waals surface area (Å²) in [6.07, 6.45) is 1.63. The molecule has 0 bridgehead atoms. The summed E-state index contributed by atoms with van der Waals surface area (Å²) in [4.78, 5) is 10.9. The van der Waals surface area contributed by atoms with Crippen LogP contribution in [0.1, 0.15) is 16.7 Å². The number of benzene rings is 1. The van der Waals surface area contributed by atoms with Crippen molar-refractivity contribution in [1.82, 2.24) is 5.32 Å². The molecule has 94 valence electrons. The average Bonchev–Trinajstić information content (AvgIpc) is 2.68. The lowest BCUT2D eigenvalue weighted by Gasteiger charge is -2.04. The molecule has 18 heavy (non-hydrogen) atoms. The van der Waals surface area contributed by atoms with Gasteiger partial charge in [0.25, 0.3) is 0 Å². The predicted octanol–water partition coefficient (Wildman–Crippen LogP) is 1.56. The molecular weight excluding hydrogens is 250 g/mol. The van der Waals surface area contributed by atoms with Gasteiger partial charge in [-0.15, -0.1) is 5.10 Å². The number of amidine groups is 1. The highest BCUT2D eigenvalue weighted by Crippen LogP contribution is 2.19. The normalized spacial score (nSPS) is 17.7. The molecule has 1 aromatic carbocycles. The van der Waals surface area contributed by atoms with Crippen LogP contribution < -0.4 is 5.32 Å². The van der Waals surface area contributed by atoms with E-state index in [1.54, 1.807) is 18.3 Å². The minimum Gasteiger partial charge on any atom is -0.508 e. The summed E-state index contributed by atoms with van der Waals surface area (Å²) >= 11 is 1.33. The van der Waals surface area contributed by atoms with Crippen LogP contribution in [0.5, 0.6) is 5.75 Å². The second-order valence-electron chi connectivity index (χ2n) is 3.98. The minimum absolute atomic E-state index is 0.0501. The fourth-order valence-corrected chi connectivity index (χ4v) is 2.30. The summed E-state index contributed by atoms with van der Waals surface area (Å²) in [5.41, 5.74) is 2.78. The highest BCUT2D eigenvalue weighted by Gasteiger charge is 2.15. The zero-order valence-corrected chi connectivity index (χ0v) is 10.9. The van der Waals surface area contributed by atoms with Gasteiger partial charge < -0.3 is 10.4 Å². The van der Waals surface area contributed by atoms with Crippen molar-refractivity contribution in [3.8, 4) is 5.75 Å². The molecule has 0 unspecified atom stereocenters. The number of nitrogens with one attached hydrogen (secondary N) is 1. The molecule has 0 atom stereocenters. The molecule has 1 aliphatic heterocycles. The maximum absolute atomic E-state index is 10.9. The lowest BCUT2D eigenvalue weighted by atomic mass is 10.0. The summed E-state index contributed by atoms with van der Waals surface area (Å²) in [5, 5.41) is 20.4. The first-order valence-corrected chi connectivity index (χ1v) is 6.38. The number of hydrogen-bond donors (Lipinski definition) is 2. The first-order valence-electron chi connectivity index (χ1n) is 5.40. The van der Waals surface area contributed by atoms with Gasteiger partial charge in [-0.1, -0.05) is 11.8 Å². The molecule has 0 saturated carbocycles. The third-order valence-electron chi connectivity index (χ3n) is 2.50. The molecule has 2 rings (SSSR count). The topological polar surface area (TPSA) is 74.1 Å². The van der Waals surface area contributed by atoms with Crippen LogP contribution >= 0.6 is 11.8 Å². The van der Waals surface area contributed by atoms with Crippen LogP contribution in [0, 0.1) is 13.8 Å². The van der Waals surface area contributed by atoms with Gasteiger partial charge in [0, 0.05) is 5.56 Å².